The largest absolute Gasteiger partial charge is 0.276 e. The number of rotatable bonds is 4. The zero-order chi connectivity index (χ0) is 13.8. The van der Waals surface area contributed by atoms with E-state index in [2.05, 4.69) is 34.6 Å². The molecule has 4 heteroatoms. The average Bonchev–Trinajstić information content (AvgIpc) is 2.67. The maximum Gasteiger partial charge on any atom is 0.0977 e. The van der Waals surface area contributed by atoms with Crippen molar-refractivity contribution in [2.75, 3.05) is 5.43 Å². The van der Waals surface area contributed by atoms with Gasteiger partial charge in [-0.3, -0.25) is 15.4 Å². The number of nitrogens with one attached hydrogen (secondary N) is 1. The summed E-state index contributed by atoms with van der Waals surface area (Å²) in [5.41, 5.74) is 7.94. The molecule has 0 amide bonds. The van der Waals surface area contributed by atoms with Gasteiger partial charge in [0.1, 0.15) is 0 Å². The smallest absolute Gasteiger partial charge is 0.0977 e. The van der Waals surface area contributed by atoms with E-state index in [0.29, 0.717) is 0 Å². The Kier molecular flexibility index (Phi) is 3.72. The first kappa shape index (κ1) is 12.8. The topological polar surface area (TPSA) is 50.2 Å². The second-order valence-electron chi connectivity index (χ2n) is 4.96. The summed E-state index contributed by atoms with van der Waals surface area (Å²) in [6.45, 7) is 2.22. The first-order chi connectivity index (χ1) is 9.88. The number of aryl methyl sites for hydroxylation is 1. The summed E-state index contributed by atoms with van der Waals surface area (Å²) in [6, 6.07) is 8.12. The van der Waals surface area contributed by atoms with Gasteiger partial charge in [0.15, 0.2) is 0 Å². The summed E-state index contributed by atoms with van der Waals surface area (Å²) in [6.07, 6.45) is 8.21. The van der Waals surface area contributed by atoms with Crippen LogP contribution in [0.25, 0.3) is 11.3 Å². The summed E-state index contributed by atoms with van der Waals surface area (Å²) in [5, 5.41) is 4.18. The number of hydrogen-bond donors (Lipinski definition) is 1. The molecule has 0 saturated heterocycles. The Balaban J connectivity index is 1.97. The molecule has 20 heavy (non-hydrogen) atoms. The fraction of sp³-hybridized carbons (Fsp3) is 0.312. The van der Waals surface area contributed by atoms with Crippen molar-refractivity contribution in [3.63, 3.8) is 0 Å². The van der Waals surface area contributed by atoms with Crippen molar-refractivity contribution in [3.8, 4) is 11.3 Å². The molecule has 0 aliphatic carbocycles. The molecule has 0 fully saturated rings. The van der Waals surface area contributed by atoms with Gasteiger partial charge in [0.2, 0.25) is 0 Å². The summed E-state index contributed by atoms with van der Waals surface area (Å²) in [4.78, 5) is 9.16. The van der Waals surface area contributed by atoms with Gasteiger partial charge in [-0.05, 0) is 37.1 Å². The Morgan fingerprint density at radius 2 is 2.10 bits per heavy atom. The van der Waals surface area contributed by atoms with Gasteiger partial charge in [-0.1, -0.05) is 19.8 Å². The Morgan fingerprint density at radius 1 is 1.15 bits per heavy atom. The van der Waals surface area contributed by atoms with Gasteiger partial charge in [0, 0.05) is 17.5 Å². The molecule has 0 bridgehead atoms. The maximum absolute atomic E-state index is 4.80. The highest BCUT2D eigenvalue weighted by atomic mass is 15.3. The van der Waals surface area contributed by atoms with Crippen LogP contribution in [0.3, 0.4) is 0 Å². The monoisotopic (exact) mass is 266 g/mol. The van der Waals surface area contributed by atoms with Gasteiger partial charge in [-0.15, -0.1) is 0 Å². The van der Waals surface area contributed by atoms with Gasteiger partial charge >= 0.3 is 0 Å². The van der Waals surface area contributed by atoms with Crippen molar-refractivity contribution >= 4 is 11.9 Å². The Hall–Kier alpha value is -2.23. The van der Waals surface area contributed by atoms with Crippen LogP contribution in [0.4, 0.5) is 5.69 Å². The van der Waals surface area contributed by atoms with Crippen LogP contribution in [0.5, 0.6) is 0 Å². The van der Waals surface area contributed by atoms with Crippen molar-refractivity contribution in [3.05, 3.63) is 41.9 Å². The van der Waals surface area contributed by atoms with E-state index in [4.69, 9.17) is 4.98 Å². The van der Waals surface area contributed by atoms with Gasteiger partial charge in [-0.25, -0.2) is 0 Å². The van der Waals surface area contributed by atoms with Crippen LogP contribution in [0.1, 0.15) is 37.6 Å². The van der Waals surface area contributed by atoms with E-state index in [1.54, 1.807) is 12.4 Å². The molecule has 0 radical (unpaired) electrons. The minimum absolute atomic E-state index is 0.858. The maximum atomic E-state index is 4.80. The van der Waals surface area contributed by atoms with Crippen LogP contribution in [0.15, 0.2) is 35.6 Å². The summed E-state index contributed by atoms with van der Waals surface area (Å²) < 4.78 is 0. The number of unbranched alkanes of at least 4 members (excludes halogenated alkanes) is 2. The number of hydrazone groups is 1. The Morgan fingerprint density at radius 3 is 3.00 bits per heavy atom. The number of pyridine rings is 2. The van der Waals surface area contributed by atoms with E-state index in [9.17, 15) is 0 Å². The molecule has 4 nitrogen and oxygen atoms in total. The summed E-state index contributed by atoms with van der Waals surface area (Å²) >= 11 is 0. The zero-order valence-corrected chi connectivity index (χ0v) is 11.6. The lowest BCUT2D eigenvalue weighted by Gasteiger charge is -2.09. The van der Waals surface area contributed by atoms with Gasteiger partial charge < -0.3 is 0 Å². The molecule has 0 aromatic carbocycles. The molecule has 3 heterocycles. The van der Waals surface area contributed by atoms with Crippen molar-refractivity contribution in [2.24, 2.45) is 5.10 Å². The molecular formula is C16H18N4. The number of aromatic nitrogens is 2. The molecule has 1 aliphatic rings. The van der Waals surface area contributed by atoms with Crippen LogP contribution in [0, 0.1) is 0 Å². The molecule has 0 spiro atoms. The predicted octanol–water partition coefficient (Wildman–Crippen LogP) is 3.64. The van der Waals surface area contributed by atoms with Gasteiger partial charge in [0.05, 0.1) is 23.3 Å². The molecule has 0 atom stereocenters. The minimum atomic E-state index is 0.858. The quantitative estimate of drug-likeness (QED) is 0.860. The fourth-order valence-electron chi connectivity index (χ4n) is 2.37. The highest BCUT2D eigenvalue weighted by molar-refractivity contribution is 5.92. The lowest BCUT2D eigenvalue weighted by atomic mass is 10.1. The van der Waals surface area contributed by atoms with Gasteiger partial charge in [0.25, 0.3) is 0 Å². The fourth-order valence-corrected chi connectivity index (χ4v) is 2.37. The Bertz CT molecular complexity index is 634. The average molecular weight is 266 g/mol. The lowest BCUT2D eigenvalue weighted by Crippen LogP contribution is -1.98. The normalized spacial score (nSPS) is 12.2. The van der Waals surface area contributed by atoms with E-state index < -0.39 is 0 Å². The lowest BCUT2D eigenvalue weighted by molar-refractivity contribution is 0.708. The highest BCUT2D eigenvalue weighted by Crippen LogP contribution is 2.29. The third-order valence-corrected chi connectivity index (χ3v) is 3.45. The van der Waals surface area contributed by atoms with Crippen molar-refractivity contribution < 1.29 is 0 Å². The third kappa shape index (κ3) is 2.54. The molecule has 3 rings (SSSR count). The van der Waals surface area contributed by atoms with Gasteiger partial charge in [-0.2, -0.15) is 5.10 Å². The zero-order valence-electron chi connectivity index (χ0n) is 11.6. The van der Waals surface area contributed by atoms with E-state index in [-0.39, 0.29) is 0 Å². The number of fused-ring (bicyclic) bond motifs is 3. The molecule has 2 aromatic rings. The predicted molar refractivity (Wildman–Crippen MR) is 81.9 cm³/mol. The van der Waals surface area contributed by atoms with Crippen LogP contribution in [0.2, 0.25) is 0 Å². The van der Waals surface area contributed by atoms with E-state index in [1.165, 1.54) is 19.3 Å². The van der Waals surface area contributed by atoms with E-state index >= 15 is 0 Å². The highest BCUT2D eigenvalue weighted by Gasteiger charge is 2.14. The summed E-state index contributed by atoms with van der Waals surface area (Å²) in [7, 11) is 0. The summed E-state index contributed by atoms with van der Waals surface area (Å²) in [5.74, 6) is 0. The molecule has 2 aromatic heterocycles. The second-order valence-corrected chi connectivity index (χ2v) is 4.96. The second kappa shape index (κ2) is 5.82. The standard InChI is InChI=1S/C16H18N4/c1-2-3-4-6-12-8-9-14-16(19-12)13-7-5-10-17-15(13)11-18-20-14/h5,7-11,20H,2-4,6H2,1H3. The molecule has 102 valence electrons. The van der Waals surface area contributed by atoms with Crippen LogP contribution >= 0.6 is 0 Å². The Labute approximate surface area is 119 Å². The third-order valence-electron chi connectivity index (χ3n) is 3.45. The first-order valence-electron chi connectivity index (χ1n) is 7.13. The van der Waals surface area contributed by atoms with E-state index in [1.807, 2.05) is 12.1 Å². The molecule has 1 aliphatic heterocycles. The van der Waals surface area contributed by atoms with Crippen LogP contribution in [-0.4, -0.2) is 16.2 Å². The molecule has 0 unspecified atom stereocenters. The SMILES string of the molecule is CCCCCc1ccc2c(n1)-c1cccnc1C=NN2. The van der Waals surface area contributed by atoms with Crippen molar-refractivity contribution in [1.82, 2.24) is 9.97 Å². The molecular weight excluding hydrogens is 248 g/mol. The minimum Gasteiger partial charge on any atom is -0.276 e. The van der Waals surface area contributed by atoms with Crippen molar-refractivity contribution in [2.45, 2.75) is 32.6 Å². The number of nitrogens with zero attached hydrogens (tertiary/aromatic N) is 3. The molecule has 1 N–H and O–H groups in total. The molecule has 0 saturated carbocycles. The first-order valence-corrected chi connectivity index (χ1v) is 7.13. The van der Waals surface area contributed by atoms with E-state index in [0.717, 1.165) is 34.8 Å². The van der Waals surface area contributed by atoms with Crippen molar-refractivity contribution in [1.29, 1.82) is 0 Å². The van der Waals surface area contributed by atoms with Crippen LogP contribution in [-0.2, 0) is 6.42 Å². The number of hydrogen-bond acceptors (Lipinski definition) is 4. The number of anilines is 1. The van der Waals surface area contributed by atoms with Crippen LogP contribution < -0.4 is 5.43 Å².